The molecule has 0 fully saturated rings. The lowest BCUT2D eigenvalue weighted by Gasteiger charge is -2.07. The first-order chi connectivity index (χ1) is 9.13. The van der Waals surface area contributed by atoms with E-state index in [9.17, 15) is 4.79 Å². The second-order valence-electron chi connectivity index (χ2n) is 3.86. The van der Waals surface area contributed by atoms with Gasteiger partial charge >= 0.3 is 0 Å². The van der Waals surface area contributed by atoms with Crippen molar-refractivity contribution in [3.05, 3.63) is 45.6 Å². The van der Waals surface area contributed by atoms with Gasteiger partial charge in [-0.25, -0.2) is 0 Å². The standard InChI is InChI=1S/C13H13ClN2O2S/c14-9-5-12(19-8-9)6-16-10-1-3-11(4-2-10)18-7-13(15)17/h1-5,8,16H,6-7H2,(H2,15,17). The smallest absolute Gasteiger partial charge is 0.255 e. The maximum atomic E-state index is 10.6. The number of halogens is 1. The molecule has 0 aliphatic rings. The third-order valence-electron chi connectivity index (χ3n) is 2.32. The van der Waals surface area contributed by atoms with E-state index < -0.39 is 5.91 Å². The molecule has 2 aromatic rings. The summed E-state index contributed by atoms with van der Waals surface area (Å²) in [5.74, 6) is 0.125. The molecule has 0 saturated heterocycles. The number of hydrogen-bond donors (Lipinski definition) is 2. The molecular weight excluding hydrogens is 284 g/mol. The van der Waals surface area contributed by atoms with Crippen LogP contribution in [0.1, 0.15) is 4.88 Å². The van der Waals surface area contributed by atoms with E-state index in [0.717, 1.165) is 17.3 Å². The lowest BCUT2D eigenvalue weighted by Crippen LogP contribution is -2.19. The minimum atomic E-state index is -0.489. The number of primary amides is 1. The SMILES string of the molecule is NC(=O)COc1ccc(NCc2cc(Cl)cs2)cc1. The monoisotopic (exact) mass is 296 g/mol. The van der Waals surface area contributed by atoms with Crippen LogP contribution >= 0.6 is 22.9 Å². The average Bonchev–Trinajstić information content (AvgIpc) is 2.81. The second kappa shape index (κ2) is 6.45. The van der Waals surface area contributed by atoms with Crippen molar-refractivity contribution >= 4 is 34.5 Å². The molecule has 0 aliphatic carbocycles. The molecule has 4 nitrogen and oxygen atoms in total. The third-order valence-corrected chi connectivity index (χ3v) is 3.61. The van der Waals surface area contributed by atoms with Gasteiger partial charge in [-0.1, -0.05) is 11.6 Å². The summed E-state index contributed by atoms with van der Waals surface area (Å²) in [6, 6.07) is 9.26. The van der Waals surface area contributed by atoms with Crippen LogP contribution in [-0.4, -0.2) is 12.5 Å². The molecule has 19 heavy (non-hydrogen) atoms. The highest BCUT2D eigenvalue weighted by Gasteiger charge is 2.00. The van der Waals surface area contributed by atoms with Gasteiger partial charge < -0.3 is 15.8 Å². The molecule has 1 heterocycles. The van der Waals surface area contributed by atoms with E-state index in [2.05, 4.69) is 5.32 Å². The van der Waals surface area contributed by atoms with Gasteiger partial charge in [-0.3, -0.25) is 4.79 Å². The summed E-state index contributed by atoms with van der Waals surface area (Å²) < 4.78 is 5.17. The van der Waals surface area contributed by atoms with Crippen LogP contribution in [0.3, 0.4) is 0 Å². The van der Waals surface area contributed by atoms with E-state index in [1.165, 1.54) is 4.88 Å². The Bertz CT molecular complexity index is 554. The lowest BCUT2D eigenvalue weighted by atomic mass is 10.3. The number of hydrogen-bond acceptors (Lipinski definition) is 4. The van der Waals surface area contributed by atoms with Crippen LogP contribution in [0.15, 0.2) is 35.7 Å². The van der Waals surface area contributed by atoms with Crippen molar-refractivity contribution in [1.82, 2.24) is 0 Å². The maximum Gasteiger partial charge on any atom is 0.255 e. The summed E-state index contributed by atoms with van der Waals surface area (Å²) in [6.07, 6.45) is 0. The molecule has 1 aromatic heterocycles. The number of carbonyl (C=O) groups is 1. The first kappa shape index (κ1) is 13.7. The molecule has 0 spiro atoms. The Kier molecular flexibility index (Phi) is 4.65. The highest BCUT2D eigenvalue weighted by atomic mass is 35.5. The molecule has 6 heteroatoms. The first-order valence-electron chi connectivity index (χ1n) is 5.61. The fourth-order valence-electron chi connectivity index (χ4n) is 1.46. The predicted octanol–water partition coefficient (Wildman–Crippen LogP) is 2.88. The normalized spacial score (nSPS) is 10.2. The fraction of sp³-hybridized carbons (Fsp3) is 0.154. The Hall–Kier alpha value is -1.72. The van der Waals surface area contributed by atoms with Crippen LogP contribution in [0.2, 0.25) is 5.02 Å². The molecule has 2 rings (SSSR count). The van der Waals surface area contributed by atoms with E-state index in [4.69, 9.17) is 22.1 Å². The lowest BCUT2D eigenvalue weighted by molar-refractivity contribution is -0.119. The topological polar surface area (TPSA) is 64.4 Å². The van der Waals surface area contributed by atoms with E-state index in [1.54, 1.807) is 23.5 Å². The van der Waals surface area contributed by atoms with Crippen LogP contribution in [0, 0.1) is 0 Å². The third kappa shape index (κ3) is 4.46. The molecule has 1 amide bonds. The number of nitrogens with two attached hydrogens (primary N) is 1. The summed E-state index contributed by atoms with van der Waals surface area (Å²) in [6.45, 7) is 0.610. The molecule has 0 atom stereocenters. The molecule has 0 aliphatic heterocycles. The molecular formula is C13H13ClN2O2S. The van der Waals surface area contributed by atoms with Gasteiger partial charge in [0, 0.05) is 22.5 Å². The summed E-state index contributed by atoms with van der Waals surface area (Å²) in [5.41, 5.74) is 5.97. The van der Waals surface area contributed by atoms with E-state index in [0.29, 0.717) is 5.75 Å². The summed E-state index contributed by atoms with van der Waals surface area (Å²) in [7, 11) is 0. The zero-order chi connectivity index (χ0) is 13.7. The Morgan fingerprint density at radius 3 is 2.68 bits per heavy atom. The number of anilines is 1. The van der Waals surface area contributed by atoms with E-state index in [-0.39, 0.29) is 6.61 Å². The molecule has 0 bridgehead atoms. The Labute approximate surface area is 120 Å². The van der Waals surface area contributed by atoms with Gasteiger partial charge in [-0.15, -0.1) is 11.3 Å². The number of ether oxygens (including phenoxy) is 1. The van der Waals surface area contributed by atoms with Gasteiger partial charge in [0.25, 0.3) is 5.91 Å². The van der Waals surface area contributed by atoms with Crippen LogP contribution in [0.4, 0.5) is 5.69 Å². The average molecular weight is 297 g/mol. The van der Waals surface area contributed by atoms with Crippen molar-refractivity contribution in [2.75, 3.05) is 11.9 Å². The molecule has 0 saturated carbocycles. The van der Waals surface area contributed by atoms with Gasteiger partial charge in [0.05, 0.1) is 5.02 Å². The summed E-state index contributed by atoms with van der Waals surface area (Å²) >= 11 is 7.46. The fourth-order valence-corrected chi connectivity index (χ4v) is 2.47. The molecule has 0 radical (unpaired) electrons. The molecule has 1 aromatic carbocycles. The minimum absolute atomic E-state index is 0.111. The molecule has 3 N–H and O–H groups in total. The largest absolute Gasteiger partial charge is 0.484 e. The summed E-state index contributed by atoms with van der Waals surface area (Å²) in [4.78, 5) is 11.7. The van der Waals surface area contributed by atoms with Crippen molar-refractivity contribution in [2.45, 2.75) is 6.54 Å². The maximum absolute atomic E-state index is 10.6. The van der Waals surface area contributed by atoms with Crippen molar-refractivity contribution in [3.63, 3.8) is 0 Å². The number of carbonyl (C=O) groups excluding carboxylic acids is 1. The number of nitrogens with one attached hydrogen (secondary N) is 1. The highest BCUT2D eigenvalue weighted by Crippen LogP contribution is 2.21. The Morgan fingerprint density at radius 2 is 2.11 bits per heavy atom. The number of thiophene rings is 1. The van der Waals surface area contributed by atoms with Crippen molar-refractivity contribution < 1.29 is 9.53 Å². The van der Waals surface area contributed by atoms with Crippen molar-refractivity contribution in [3.8, 4) is 5.75 Å². The van der Waals surface area contributed by atoms with Crippen LogP contribution in [-0.2, 0) is 11.3 Å². The van der Waals surface area contributed by atoms with Crippen molar-refractivity contribution in [1.29, 1.82) is 0 Å². The van der Waals surface area contributed by atoms with Crippen LogP contribution in [0.5, 0.6) is 5.75 Å². The quantitative estimate of drug-likeness (QED) is 0.861. The molecule has 0 unspecified atom stereocenters. The number of amides is 1. The van der Waals surface area contributed by atoms with E-state index >= 15 is 0 Å². The van der Waals surface area contributed by atoms with Crippen molar-refractivity contribution in [2.24, 2.45) is 5.73 Å². The minimum Gasteiger partial charge on any atom is -0.484 e. The van der Waals surface area contributed by atoms with Gasteiger partial charge in [-0.2, -0.15) is 0 Å². The Morgan fingerprint density at radius 1 is 1.37 bits per heavy atom. The van der Waals surface area contributed by atoms with Gasteiger partial charge in [0.1, 0.15) is 5.75 Å². The number of benzene rings is 1. The number of rotatable bonds is 6. The van der Waals surface area contributed by atoms with Crippen LogP contribution < -0.4 is 15.8 Å². The zero-order valence-electron chi connectivity index (χ0n) is 10.1. The zero-order valence-corrected chi connectivity index (χ0v) is 11.6. The highest BCUT2D eigenvalue weighted by molar-refractivity contribution is 7.10. The first-order valence-corrected chi connectivity index (χ1v) is 6.87. The second-order valence-corrected chi connectivity index (χ2v) is 5.30. The van der Waals surface area contributed by atoms with Gasteiger partial charge in [0.2, 0.25) is 0 Å². The predicted molar refractivity (Wildman–Crippen MR) is 77.8 cm³/mol. The molecule has 100 valence electrons. The van der Waals surface area contributed by atoms with Gasteiger partial charge in [-0.05, 0) is 30.3 Å². The Balaban J connectivity index is 1.86. The summed E-state index contributed by atoms with van der Waals surface area (Å²) in [5, 5.41) is 5.93. The van der Waals surface area contributed by atoms with Crippen LogP contribution in [0.25, 0.3) is 0 Å². The van der Waals surface area contributed by atoms with Gasteiger partial charge in [0.15, 0.2) is 6.61 Å². The van der Waals surface area contributed by atoms with E-state index in [1.807, 2.05) is 23.6 Å².